The Balaban J connectivity index is 2.28. The van der Waals surface area contributed by atoms with Crippen LogP contribution in [0, 0.1) is 0 Å². The molecule has 1 aliphatic heterocycles. The first-order valence-corrected chi connectivity index (χ1v) is 6.77. The second kappa shape index (κ2) is 4.12. The van der Waals surface area contributed by atoms with Crippen molar-refractivity contribution in [2.75, 3.05) is 13.1 Å². The molecule has 0 unspecified atom stereocenters. The van der Waals surface area contributed by atoms with Crippen molar-refractivity contribution in [3.8, 4) is 0 Å². The Labute approximate surface area is 94.7 Å². The summed E-state index contributed by atoms with van der Waals surface area (Å²) in [6.07, 6.45) is 0.957. The summed E-state index contributed by atoms with van der Waals surface area (Å²) >= 11 is 5.63. The second-order valence-electron chi connectivity index (χ2n) is 3.54. The Hall–Kier alpha value is -0.580. The van der Waals surface area contributed by atoms with Crippen molar-refractivity contribution in [1.82, 2.24) is 4.31 Å². The fourth-order valence-electron chi connectivity index (χ4n) is 1.43. The van der Waals surface area contributed by atoms with Crippen molar-refractivity contribution >= 4 is 21.6 Å². The Kier molecular flexibility index (Phi) is 3.00. The van der Waals surface area contributed by atoms with Crippen molar-refractivity contribution < 1.29 is 8.42 Å². The molecule has 0 bridgehead atoms. The molecule has 1 saturated heterocycles. The topological polar surface area (TPSA) is 37.4 Å². The molecule has 0 spiro atoms. The van der Waals surface area contributed by atoms with Gasteiger partial charge in [0.1, 0.15) is 0 Å². The molecule has 0 amide bonds. The standard InChI is InChI=1S/C10H12ClNO2S/c11-8-9-2-4-10(5-3-9)15(13,14)12-6-1-7-12/h2-5H,1,6-8H2. The molecule has 82 valence electrons. The summed E-state index contributed by atoms with van der Waals surface area (Å²) in [7, 11) is -3.24. The molecule has 0 atom stereocenters. The quantitative estimate of drug-likeness (QED) is 0.762. The molecular weight excluding hydrogens is 234 g/mol. The molecule has 0 radical (unpaired) electrons. The summed E-state index contributed by atoms with van der Waals surface area (Å²) in [5.74, 6) is 0.407. The van der Waals surface area contributed by atoms with E-state index in [1.807, 2.05) is 0 Å². The van der Waals surface area contributed by atoms with Gasteiger partial charge in [-0.05, 0) is 24.1 Å². The van der Waals surface area contributed by atoms with Crippen LogP contribution in [0.2, 0.25) is 0 Å². The van der Waals surface area contributed by atoms with E-state index < -0.39 is 10.0 Å². The monoisotopic (exact) mass is 245 g/mol. The number of rotatable bonds is 3. The lowest BCUT2D eigenvalue weighted by Gasteiger charge is -2.29. The molecule has 0 N–H and O–H groups in total. The molecule has 1 aromatic carbocycles. The maximum Gasteiger partial charge on any atom is 0.243 e. The van der Waals surface area contributed by atoms with Gasteiger partial charge < -0.3 is 0 Å². The van der Waals surface area contributed by atoms with Crippen molar-refractivity contribution in [2.24, 2.45) is 0 Å². The SMILES string of the molecule is O=S(=O)(c1ccc(CCl)cc1)N1CCC1. The second-order valence-corrected chi connectivity index (χ2v) is 5.74. The van der Waals surface area contributed by atoms with E-state index in [2.05, 4.69) is 0 Å². The average Bonchev–Trinajstić information content (AvgIpc) is 2.14. The third kappa shape index (κ3) is 2.02. The van der Waals surface area contributed by atoms with Crippen LogP contribution in [0.4, 0.5) is 0 Å². The summed E-state index contributed by atoms with van der Waals surface area (Å²) in [6, 6.07) is 6.73. The van der Waals surface area contributed by atoms with E-state index in [4.69, 9.17) is 11.6 Å². The predicted molar refractivity (Wildman–Crippen MR) is 59.4 cm³/mol. The van der Waals surface area contributed by atoms with Gasteiger partial charge in [-0.25, -0.2) is 8.42 Å². The Morgan fingerprint density at radius 3 is 2.20 bits per heavy atom. The van der Waals surface area contributed by atoms with Gasteiger partial charge in [0.25, 0.3) is 0 Å². The van der Waals surface area contributed by atoms with Gasteiger partial charge >= 0.3 is 0 Å². The van der Waals surface area contributed by atoms with Gasteiger partial charge in [0.2, 0.25) is 10.0 Å². The number of hydrogen-bond acceptors (Lipinski definition) is 2. The van der Waals surface area contributed by atoms with Gasteiger partial charge in [0.05, 0.1) is 4.90 Å². The summed E-state index contributed by atoms with van der Waals surface area (Å²) < 4.78 is 25.3. The van der Waals surface area contributed by atoms with E-state index in [1.54, 1.807) is 24.3 Å². The molecule has 15 heavy (non-hydrogen) atoms. The molecule has 1 aromatic rings. The summed E-state index contributed by atoms with van der Waals surface area (Å²) in [5, 5.41) is 0. The summed E-state index contributed by atoms with van der Waals surface area (Å²) in [6.45, 7) is 1.28. The number of hydrogen-bond donors (Lipinski definition) is 0. The highest BCUT2D eigenvalue weighted by Gasteiger charge is 2.28. The average molecular weight is 246 g/mol. The zero-order valence-corrected chi connectivity index (χ0v) is 9.76. The van der Waals surface area contributed by atoms with Crippen molar-refractivity contribution in [3.05, 3.63) is 29.8 Å². The maximum atomic E-state index is 11.9. The molecule has 1 aliphatic rings. The number of benzene rings is 1. The van der Waals surface area contributed by atoms with E-state index >= 15 is 0 Å². The molecule has 0 saturated carbocycles. The van der Waals surface area contributed by atoms with Crippen LogP contribution >= 0.6 is 11.6 Å². The number of alkyl halides is 1. The van der Waals surface area contributed by atoms with Crippen LogP contribution in [0.1, 0.15) is 12.0 Å². The van der Waals surface area contributed by atoms with Gasteiger partial charge in [-0.1, -0.05) is 12.1 Å². The smallest absolute Gasteiger partial charge is 0.207 e. The van der Waals surface area contributed by atoms with Crippen LogP contribution in [0.5, 0.6) is 0 Å². The molecule has 3 nitrogen and oxygen atoms in total. The molecule has 0 aromatic heterocycles. The van der Waals surface area contributed by atoms with Crippen molar-refractivity contribution in [1.29, 1.82) is 0 Å². The normalized spacial score (nSPS) is 17.4. The zero-order valence-electron chi connectivity index (χ0n) is 8.19. The van der Waals surface area contributed by atoms with Crippen LogP contribution in [0.25, 0.3) is 0 Å². The van der Waals surface area contributed by atoms with Crippen LogP contribution < -0.4 is 0 Å². The fraction of sp³-hybridized carbons (Fsp3) is 0.400. The third-order valence-electron chi connectivity index (χ3n) is 2.53. The largest absolute Gasteiger partial charge is 0.243 e. The number of nitrogens with zero attached hydrogens (tertiary/aromatic N) is 1. The Morgan fingerprint density at radius 2 is 1.80 bits per heavy atom. The predicted octanol–water partition coefficient (Wildman–Crippen LogP) is 1.82. The highest BCUT2D eigenvalue weighted by atomic mass is 35.5. The van der Waals surface area contributed by atoms with Crippen LogP contribution in [0.3, 0.4) is 0 Å². The highest BCUT2D eigenvalue weighted by molar-refractivity contribution is 7.89. The molecule has 0 aliphatic carbocycles. The van der Waals surface area contributed by atoms with E-state index in [1.165, 1.54) is 4.31 Å². The maximum absolute atomic E-state index is 11.9. The zero-order chi connectivity index (χ0) is 10.9. The van der Waals surface area contributed by atoms with Gasteiger partial charge in [0.15, 0.2) is 0 Å². The lowest BCUT2D eigenvalue weighted by Crippen LogP contribution is -2.41. The van der Waals surface area contributed by atoms with E-state index in [9.17, 15) is 8.42 Å². The minimum atomic E-state index is -3.24. The van der Waals surface area contributed by atoms with Gasteiger partial charge in [0, 0.05) is 19.0 Å². The lowest BCUT2D eigenvalue weighted by atomic mass is 10.2. The Bertz CT molecular complexity index is 437. The van der Waals surface area contributed by atoms with Gasteiger partial charge in [-0.3, -0.25) is 0 Å². The summed E-state index contributed by atoms with van der Waals surface area (Å²) in [4.78, 5) is 0.357. The van der Waals surface area contributed by atoms with Crippen LogP contribution in [-0.2, 0) is 15.9 Å². The minimum Gasteiger partial charge on any atom is -0.207 e. The minimum absolute atomic E-state index is 0.357. The fourth-order valence-corrected chi connectivity index (χ4v) is 3.12. The first-order valence-electron chi connectivity index (χ1n) is 4.79. The van der Waals surface area contributed by atoms with Crippen LogP contribution in [0.15, 0.2) is 29.2 Å². The third-order valence-corrected chi connectivity index (χ3v) is 4.75. The van der Waals surface area contributed by atoms with E-state index in [-0.39, 0.29) is 0 Å². The van der Waals surface area contributed by atoms with E-state index in [0.717, 1.165) is 12.0 Å². The summed E-state index contributed by atoms with van der Waals surface area (Å²) in [5.41, 5.74) is 0.930. The number of sulfonamides is 1. The first kappa shape index (κ1) is 10.9. The molecule has 1 heterocycles. The highest BCUT2D eigenvalue weighted by Crippen LogP contribution is 2.21. The van der Waals surface area contributed by atoms with Crippen molar-refractivity contribution in [2.45, 2.75) is 17.2 Å². The Morgan fingerprint density at radius 1 is 1.20 bits per heavy atom. The van der Waals surface area contributed by atoms with Crippen molar-refractivity contribution in [3.63, 3.8) is 0 Å². The molecule has 2 rings (SSSR count). The molecular formula is C10H12ClNO2S. The number of halogens is 1. The van der Waals surface area contributed by atoms with E-state index in [0.29, 0.717) is 23.9 Å². The molecule has 1 fully saturated rings. The lowest BCUT2D eigenvalue weighted by molar-refractivity contribution is 0.309. The molecule has 5 heteroatoms. The first-order chi connectivity index (χ1) is 7.14. The van der Waals surface area contributed by atoms with Gasteiger partial charge in [-0.15, -0.1) is 11.6 Å². The van der Waals surface area contributed by atoms with Crippen LogP contribution in [-0.4, -0.2) is 25.8 Å². The van der Waals surface area contributed by atoms with Gasteiger partial charge in [-0.2, -0.15) is 4.31 Å².